The third-order valence-corrected chi connectivity index (χ3v) is 2.40. The first-order valence-electron chi connectivity index (χ1n) is 5.57. The number of carboxylic acid groups (broad SMARTS) is 1. The largest absolute Gasteiger partial charge is 0.480 e. The van der Waals surface area contributed by atoms with Gasteiger partial charge in [0.1, 0.15) is 6.04 Å². The second-order valence-corrected chi connectivity index (χ2v) is 3.66. The summed E-state index contributed by atoms with van der Waals surface area (Å²) in [4.78, 5) is 10.8. The van der Waals surface area contributed by atoms with Crippen LogP contribution in [0.25, 0.3) is 10.8 Å². The van der Waals surface area contributed by atoms with E-state index in [0.29, 0.717) is 11.7 Å². The Labute approximate surface area is 95.1 Å². The van der Waals surface area contributed by atoms with Crippen LogP contribution in [0.1, 0.15) is 8.29 Å². The first-order valence-corrected chi connectivity index (χ1v) is 5.07. The zero-order valence-corrected chi connectivity index (χ0v) is 8.90. The van der Waals surface area contributed by atoms with Gasteiger partial charge in [-0.1, -0.05) is 30.3 Å². The van der Waals surface area contributed by atoms with E-state index in [1.807, 2.05) is 30.3 Å². The first kappa shape index (κ1) is 9.21. The van der Waals surface area contributed by atoms with Gasteiger partial charge < -0.3 is 10.4 Å². The van der Waals surface area contributed by atoms with E-state index in [9.17, 15) is 4.79 Å². The molecule has 2 N–H and O–H groups in total. The summed E-state index contributed by atoms with van der Waals surface area (Å²) in [5.41, 5.74) is 0.540. The maximum absolute atomic E-state index is 10.8. The molecule has 0 fully saturated rings. The molecule has 3 heteroatoms. The van der Waals surface area contributed by atoms with Gasteiger partial charge in [-0.3, -0.25) is 4.79 Å². The number of carboxylic acids is 1. The molecule has 0 aliphatic carbocycles. The zero-order chi connectivity index (χ0) is 12.4. The fraction of sp³-hybridized carbons (Fsp3) is 0.154. The van der Waals surface area contributed by atoms with E-state index < -0.39 is 12.0 Å². The van der Waals surface area contributed by atoms with Gasteiger partial charge in [0.25, 0.3) is 0 Å². The average Bonchev–Trinajstić information content (AvgIpc) is 2.33. The number of anilines is 1. The molecule has 0 aliphatic heterocycles. The van der Waals surface area contributed by atoms with E-state index >= 15 is 0 Å². The highest BCUT2D eigenvalue weighted by molar-refractivity contribution is 5.86. The monoisotopic (exact) mass is 216 g/mol. The highest BCUT2D eigenvalue weighted by atomic mass is 16.4. The van der Waals surface area contributed by atoms with Crippen molar-refractivity contribution < 1.29 is 11.3 Å². The summed E-state index contributed by atoms with van der Waals surface area (Å²) in [7, 11) is 0. The number of nitrogens with one attached hydrogen (secondary N) is 1. The Morgan fingerprint density at radius 3 is 2.69 bits per heavy atom. The van der Waals surface area contributed by atoms with E-state index in [0.717, 1.165) is 10.8 Å². The molecule has 0 saturated carbocycles. The van der Waals surface area contributed by atoms with Gasteiger partial charge in [0.05, 0.1) is 1.37 Å². The Balaban J connectivity index is 2.42. The van der Waals surface area contributed by atoms with Crippen LogP contribution < -0.4 is 5.32 Å². The number of benzene rings is 2. The topological polar surface area (TPSA) is 49.3 Å². The normalized spacial score (nSPS) is 13.2. The maximum atomic E-state index is 10.8. The molecule has 0 amide bonds. The van der Waals surface area contributed by atoms with Gasteiger partial charge in [-0.2, -0.15) is 0 Å². The van der Waals surface area contributed by atoms with Crippen molar-refractivity contribution in [3.8, 4) is 0 Å². The summed E-state index contributed by atoms with van der Waals surface area (Å²) in [6.45, 7) is 1.55. The van der Waals surface area contributed by atoms with Crippen molar-refractivity contribution in [2.45, 2.75) is 13.0 Å². The van der Waals surface area contributed by atoms with Gasteiger partial charge in [-0.15, -0.1) is 0 Å². The molecule has 1 atom stereocenters. The van der Waals surface area contributed by atoms with Crippen LogP contribution in [0, 0.1) is 0 Å². The lowest BCUT2D eigenvalue weighted by atomic mass is 10.1. The van der Waals surface area contributed by atoms with Crippen LogP contribution in [0.4, 0.5) is 5.69 Å². The molecule has 3 nitrogen and oxygen atoms in total. The highest BCUT2D eigenvalue weighted by Gasteiger charge is 2.09. The molecule has 82 valence electrons. The summed E-state index contributed by atoms with van der Waals surface area (Å²) < 4.78 is 8.02. The summed E-state index contributed by atoms with van der Waals surface area (Å²) in [6, 6.07) is 10.8. The molecule has 0 radical (unpaired) electrons. The molecule has 2 aromatic carbocycles. The Bertz CT molecular complexity index is 568. The minimum absolute atomic E-state index is 0.330. The van der Waals surface area contributed by atoms with E-state index in [-0.39, 0.29) is 0 Å². The summed E-state index contributed by atoms with van der Waals surface area (Å²) in [5, 5.41) is 13.4. The average molecular weight is 216 g/mol. The summed E-state index contributed by atoms with van der Waals surface area (Å²) in [5.74, 6) is -0.933. The van der Waals surface area contributed by atoms with Crippen LogP contribution in [0.5, 0.6) is 0 Å². The third kappa shape index (κ3) is 2.14. The van der Waals surface area contributed by atoms with Crippen molar-refractivity contribution in [3.63, 3.8) is 0 Å². The van der Waals surface area contributed by atoms with Gasteiger partial charge in [-0.05, 0) is 29.8 Å². The number of rotatable bonds is 3. The van der Waals surface area contributed by atoms with Crippen molar-refractivity contribution in [3.05, 3.63) is 42.4 Å². The second kappa shape index (κ2) is 4.23. The molecule has 0 bridgehead atoms. The quantitative estimate of drug-likeness (QED) is 0.829. The van der Waals surface area contributed by atoms with Crippen LogP contribution in [-0.4, -0.2) is 17.1 Å². The predicted octanol–water partition coefficient (Wildman–Crippen LogP) is 2.72. The minimum Gasteiger partial charge on any atom is -0.480 e. The van der Waals surface area contributed by atoms with Crippen LogP contribution in [0.15, 0.2) is 42.4 Å². The number of hydrogen-bond donors (Lipinski definition) is 2. The SMILES string of the molecule is [2H]c1c(N[C@@H](C)C(=O)O)ccc2ccccc12. The molecule has 0 aromatic heterocycles. The lowest BCUT2D eigenvalue weighted by molar-refractivity contribution is -0.137. The molecule has 0 heterocycles. The van der Waals surface area contributed by atoms with Gasteiger partial charge in [0.15, 0.2) is 0 Å². The van der Waals surface area contributed by atoms with Gasteiger partial charge in [-0.25, -0.2) is 0 Å². The first-order chi connectivity index (χ1) is 8.09. The van der Waals surface area contributed by atoms with Gasteiger partial charge >= 0.3 is 5.97 Å². The Hall–Kier alpha value is -2.03. The van der Waals surface area contributed by atoms with Crippen LogP contribution in [0.2, 0.25) is 0 Å². The van der Waals surface area contributed by atoms with Gasteiger partial charge in [0.2, 0.25) is 0 Å². The number of carbonyl (C=O) groups is 1. The van der Waals surface area contributed by atoms with Crippen molar-refractivity contribution in [1.29, 1.82) is 0 Å². The van der Waals surface area contributed by atoms with E-state index in [2.05, 4.69) is 5.32 Å². The van der Waals surface area contributed by atoms with E-state index in [4.69, 9.17) is 6.48 Å². The molecule has 2 aromatic rings. The standard InChI is InChI=1S/C13H13NO2/c1-9(13(15)16)14-12-7-6-10-4-2-3-5-11(10)8-12/h2-9,14H,1H3,(H,15,16)/t9-/m0/s1/i8D. The smallest absolute Gasteiger partial charge is 0.325 e. The number of fused-ring (bicyclic) bond motifs is 1. The minimum atomic E-state index is -0.933. The summed E-state index contributed by atoms with van der Waals surface area (Å²) >= 11 is 0. The van der Waals surface area contributed by atoms with Crippen LogP contribution in [-0.2, 0) is 4.79 Å². The Kier molecular flexibility index (Phi) is 2.43. The highest BCUT2D eigenvalue weighted by Crippen LogP contribution is 2.19. The Morgan fingerprint density at radius 1 is 1.31 bits per heavy atom. The molecule has 0 spiro atoms. The third-order valence-electron chi connectivity index (χ3n) is 2.40. The number of aliphatic carboxylic acids is 1. The maximum Gasteiger partial charge on any atom is 0.325 e. The fourth-order valence-corrected chi connectivity index (χ4v) is 1.50. The fourth-order valence-electron chi connectivity index (χ4n) is 1.50. The van der Waals surface area contributed by atoms with E-state index in [1.54, 1.807) is 13.0 Å². The molecular formula is C13H13NO2. The van der Waals surface area contributed by atoms with Crippen LogP contribution >= 0.6 is 0 Å². The zero-order valence-electron chi connectivity index (χ0n) is 9.90. The lowest BCUT2D eigenvalue weighted by Crippen LogP contribution is -2.25. The molecule has 16 heavy (non-hydrogen) atoms. The second-order valence-electron chi connectivity index (χ2n) is 3.66. The van der Waals surface area contributed by atoms with Crippen molar-refractivity contribution in [2.75, 3.05) is 5.32 Å². The van der Waals surface area contributed by atoms with Crippen molar-refractivity contribution in [2.24, 2.45) is 0 Å². The predicted molar refractivity (Wildman–Crippen MR) is 64.7 cm³/mol. The lowest BCUT2D eigenvalue weighted by Gasteiger charge is -2.11. The van der Waals surface area contributed by atoms with Crippen molar-refractivity contribution in [1.82, 2.24) is 0 Å². The Morgan fingerprint density at radius 2 is 2.00 bits per heavy atom. The molecule has 0 aliphatic rings. The number of hydrogen-bond acceptors (Lipinski definition) is 2. The molecule has 0 unspecified atom stereocenters. The van der Waals surface area contributed by atoms with Crippen molar-refractivity contribution >= 4 is 22.4 Å². The molecule has 2 rings (SSSR count). The van der Waals surface area contributed by atoms with E-state index in [1.165, 1.54) is 0 Å². The van der Waals surface area contributed by atoms with Gasteiger partial charge in [0, 0.05) is 5.69 Å². The molecule has 0 saturated heterocycles. The molecular weight excluding hydrogens is 202 g/mol. The summed E-state index contributed by atoms with van der Waals surface area (Å²) in [6.07, 6.45) is 0. The van der Waals surface area contributed by atoms with Crippen LogP contribution in [0.3, 0.4) is 0 Å².